The van der Waals surface area contributed by atoms with Crippen LogP contribution in [0, 0.1) is 0 Å². The summed E-state index contributed by atoms with van der Waals surface area (Å²) < 4.78 is 10.5. The van der Waals surface area contributed by atoms with Gasteiger partial charge in [-0.05, 0) is 42.0 Å². The zero-order valence-corrected chi connectivity index (χ0v) is 21.5. The number of rotatable bonds is 6. The Balaban J connectivity index is -0.000000297. The molecule has 0 aliphatic rings. The van der Waals surface area contributed by atoms with Crippen molar-refractivity contribution in [1.29, 1.82) is 0 Å². The van der Waals surface area contributed by atoms with Gasteiger partial charge in [0.1, 0.15) is 12.2 Å². The van der Waals surface area contributed by atoms with Gasteiger partial charge in [-0.15, -0.1) is 0 Å². The van der Waals surface area contributed by atoms with Gasteiger partial charge in [0.25, 0.3) is 0 Å². The monoisotopic (exact) mass is 506 g/mol. The molecule has 0 aliphatic carbocycles. The summed E-state index contributed by atoms with van der Waals surface area (Å²) in [7, 11) is 7.91. The number of ether oxygens (including phenoxy) is 2. The van der Waals surface area contributed by atoms with Gasteiger partial charge >= 0.3 is 31.0 Å². The van der Waals surface area contributed by atoms with Crippen LogP contribution in [0.25, 0.3) is 0 Å². The minimum atomic E-state index is 0.0972. The maximum absolute atomic E-state index is 5.07. The molecule has 0 heterocycles. The van der Waals surface area contributed by atoms with Crippen molar-refractivity contribution in [3.05, 3.63) is 0 Å². The Bertz CT molecular complexity index is 281. The normalized spacial score (nSPS) is 11.9. The molecule has 0 aromatic heterocycles. The van der Waals surface area contributed by atoms with E-state index in [1.165, 1.54) is 0 Å². The molecule has 23 heavy (non-hydrogen) atoms. The maximum atomic E-state index is 5.07. The summed E-state index contributed by atoms with van der Waals surface area (Å²) in [6.07, 6.45) is 0.194. The van der Waals surface area contributed by atoms with E-state index in [2.05, 4.69) is 59.6 Å². The second kappa shape index (κ2) is 19.3. The number of hydrogen-bond donors (Lipinski definition) is 0. The molecule has 9 heteroatoms. The quantitative estimate of drug-likeness (QED) is 0.309. The van der Waals surface area contributed by atoms with E-state index >= 15 is 0 Å². The Labute approximate surface area is 175 Å². The van der Waals surface area contributed by atoms with Gasteiger partial charge in [-0.2, -0.15) is 0 Å². The number of nitrogens with zero attached hydrogens (tertiary/aromatic N) is 2. The third kappa shape index (κ3) is 35.1. The zero-order valence-electron chi connectivity index (χ0n) is 15.4. The first kappa shape index (κ1) is 28.7. The zero-order chi connectivity index (χ0) is 19.0. The predicted octanol–water partition coefficient (Wildman–Crippen LogP) is 2.36. The molecule has 2 atom stereocenters. The van der Waals surface area contributed by atoms with Crippen molar-refractivity contribution >= 4 is 79.6 Å². The second-order valence-corrected chi connectivity index (χ2v) is 10.2. The topological polar surface area (TPSA) is 24.9 Å². The molecule has 0 saturated carbocycles. The van der Waals surface area contributed by atoms with Crippen LogP contribution in [0.5, 0.6) is 0 Å². The van der Waals surface area contributed by atoms with Crippen molar-refractivity contribution in [2.45, 2.75) is 35.9 Å². The first-order valence-electron chi connectivity index (χ1n) is 7.09. The van der Waals surface area contributed by atoms with Gasteiger partial charge in [0.2, 0.25) is 0 Å². The van der Waals surface area contributed by atoms with Crippen LogP contribution in [0.15, 0.2) is 0 Å². The summed E-state index contributed by atoms with van der Waals surface area (Å²) in [5.74, 6) is 0. The molecule has 0 radical (unpaired) electrons. The van der Waals surface area contributed by atoms with E-state index in [9.17, 15) is 0 Å². The fraction of sp³-hybridized carbons (Fsp3) is 0.857. The van der Waals surface area contributed by atoms with E-state index in [4.69, 9.17) is 9.47 Å². The molecular weight excluding hydrogens is 475 g/mol. The van der Waals surface area contributed by atoms with E-state index in [-0.39, 0.29) is 42.1 Å². The van der Waals surface area contributed by atoms with Crippen LogP contribution >= 0.6 is 24.4 Å². The van der Waals surface area contributed by atoms with Gasteiger partial charge in [0.15, 0.2) is 0 Å². The number of hydrogen-bond acceptors (Lipinski definition) is 8. The van der Waals surface area contributed by atoms with Gasteiger partial charge in [-0.3, -0.25) is 0 Å². The van der Waals surface area contributed by atoms with Crippen molar-refractivity contribution < 1.29 is 9.47 Å². The van der Waals surface area contributed by atoms with E-state index < -0.39 is 0 Å². The number of likely N-dealkylation sites (N-methyl/N-ethyl adjacent to an activating group) is 2. The Kier molecular flexibility index (Phi) is 24.1. The Morgan fingerprint density at radius 1 is 0.870 bits per heavy atom. The van der Waals surface area contributed by atoms with Crippen molar-refractivity contribution in [2.24, 2.45) is 0 Å². The molecule has 0 N–H and O–H groups in total. The van der Waals surface area contributed by atoms with Crippen LogP contribution in [0.4, 0.5) is 0 Å². The molecule has 4 nitrogen and oxygen atoms in total. The average Bonchev–Trinajstić information content (AvgIpc) is 2.25. The molecule has 0 bridgehead atoms. The summed E-state index contributed by atoms with van der Waals surface area (Å²) in [5.41, 5.74) is 0. The van der Waals surface area contributed by atoms with Crippen molar-refractivity contribution in [3.63, 3.8) is 0 Å². The minimum absolute atomic E-state index is 0.0972. The van der Waals surface area contributed by atoms with E-state index in [0.717, 1.165) is 13.1 Å². The Hall–Kier alpha value is 0.939. The molecule has 0 aliphatic heterocycles. The van der Waals surface area contributed by atoms with E-state index in [1.54, 1.807) is 0 Å². The Morgan fingerprint density at radius 2 is 1.09 bits per heavy atom. The fourth-order valence-corrected chi connectivity index (χ4v) is 2.09. The molecule has 0 rings (SSSR count). The molecule has 2 unspecified atom stereocenters. The second-order valence-electron chi connectivity index (χ2n) is 5.38. The summed E-state index contributed by atoms with van der Waals surface area (Å²) in [6, 6.07) is 0. The van der Waals surface area contributed by atoms with Gasteiger partial charge < -0.3 is 69.0 Å². The van der Waals surface area contributed by atoms with Crippen LogP contribution in [0.2, 0.25) is 9.88 Å². The molecule has 0 spiro atoms. The predicted molar refractivity (Wildman–Crippen MR) is 116 cm³/mol. The van der Waals surface area contributed by atoms with Gasteiger partial charge in [0.05, 0.1) is 0 Å². The van der Waals surface area contributed by atoms with Gasteiger partial charge in [-0.25, -0.2) is 0 Å². The SMILES string of the molecule is CC(CN(C)C)OC(=S)[S-].CC(CN(C)C)OC(=S)[S-].[CH3][Sn+2][CH3]. The summed E-state index contributed by atoms with van der Waals surface area (Å²) in [6.45, 7) is 5.57. The first-order valence-corrected chi connectivity index (χ1v) is 14.4. The number of thiocarbonyl (C=S) groups is 2. The summed E-state index contributed by atoms with van der Waals surface area (Å²) in [4.78, 5) is 8.64. The summed E-state index contributed by atoms with van der Waals surface area (Å²) >= 11 is 18.6. The van der Waals surface area contributed by atoms with Crippen LogP contribution in [-0.4, -0.2) is 93.2 Å². The standard InChI is InChI=1S/2C6H13NOS2.2CH3.Sn/c2*1-5(4-7(2)3)8-6(9)10;;;/h2*5H,4H2,1-3H3,(H,9,10);2*1H3;/q;;;;+2/p-2. The third-order valence-corrected chi connectivity index (χ3v) is 2.22. The molecule has 0 fully saturated rings. The fourth-order valence-electron chi connectivity index (χ4n) is 1.43. The molecule has 0 aromatic rings. The molecule has 0 saturated heterocycles. The van der Waals surface area contributed by atoms with Crippen molar-refractivity contribution in [3.8, 4) is 0 Å². The van der Waals surface area contributed by atoms with Crippen molar-refractivity contribution in [2.75, 3.05) is 41.3 Å². The van der Waals surface area contributed by atoms with Crippen LogP contribution in [0.3, 0.4) is 0 Å². The van der Waals surface area contributed by atoms with Crippen LogP contribution < -0.4 is 0 Å². The molecule has 0 amide bonds. The molecular formula is C14H30N2O2S4Sn. The Morgan fingerprint density at radius 3 is 1.22 bits per heavy atom. The third-order valence-electron chi connectivity index (χ3n) is 1.84. The average molecular weight is 505 g/mol. The van der Waals surface area contributed by atoms with Gasteiger partial charge in [0, 0.05) is 21.9 Å². The van der Waals surface area contributed by atoms with Gasteiger partial charge in [-0.1, -0.05) is 0 Å². The van der Waals surface area contributed by atoms with E-state index in [1.807, 2.05) is 51.8 Å². The summed E-state index contributed by atoms with van der Waals surface area (Å²) in [5, 5.41) is 0. The molecule has 0 aromatic carbocycles. The molecule has 136 valence electrons. The van der Waals surface area contributed by atoms with Crippen LogP contribution in [-0.2, 0) is 34.7 Å². The van der Waals surface area contributed by atoms with Crippen LogP contribution in [0.1, 0.15) is 13.8 Å². The van der Waals surface area contributed by atoms with E-state index in [0.29, 0.717) is 0 Å². The first-order chi connectivity index (χ1) is 10.5. The van der Waals surface area contributed by atoms with Crippen molar-refractivity contribution in [1.82, 2.24) is 9.80 Å².